The van der Waals surface area contributed by atoms with Gasteiger partial charge < -0.3 is 9.26 Å². The molecular formula is C8H7N3O3S. The van der Waals surface area contributed by atoms with Crippen molar-refractivity contribution in [3.63, 3.8) is 0 Å². The number of carbonyl (C=O) groups is 1. The third-order valence-corrected chi connectivity index (χ3v) is 2.29. The van der Waals surface area contributed by atoms with Gasteiger partial charge in [-0.1, -0.05) is 0 Å². The molecule has 0 saturated carbocycles. The van der Waals surface area contributed by atoms with Gasteiger partial charge in [0.2, 0.25) is 0 Å². The number of esters is 1. The van der Waals surface area contributed by atoms with Crippen LogP contribution < -0.4 is 0 Å². The Labute approximate surface area is 88.9 Å². The van der Waals surface area contributed by atoms with Gasteiger partial charge in [-0.25, -0.2) is 4.79 Å². The van der Waals surface area contributed by atoms with Crippen LogP contribution >= 0.6 is 11.3 Å². The van der Waals surface area contributed by atoms with Crippen LogP contribution in [0.25, 0.3) is 10.8 Å². The summed E-state index contributed by atoms with van der Waals surface area (Å²) in [5.41, 5.74) is 1.64. The molecule has 2 aromatic rings. The molecule has 15 heavy (non-hydrogen) atoms. The lowest BCUT2D eigenvalue weighted by molar-refractivity contribution is 0.0508. The molecule has 2 heterocycles. The summed E-state index contributed by atoms with van der Waals surface area (Å²) in [4.78, 5) is 19.7. The van der Waals surface area contributed by atoms with E-state index in [1.54, 1.807) is 18.6 Å². The highest BCUT2D eigenvalue weighted by atomic mass is 32.1. The van der Waals surface area contributed by atoms with Gasteiger partial charge in [0, 0.05) is 0 Å². The van der Waals surface area contributed by atoms with E-state index in [1.165, 1.54) is 11.3 Å². The van der Waals surface area contributed by atoms with Gasteiger partial charge in [-0.2, -0.15) is 4.98 Å². The number of ether oxygens (including phenoxy) is 1. The van der Waals surface area contributed by atoms with Gasteiger partial charge in [-0.3, -0.25) is 4.98 Å². The van der Waals surface area contributed by atoms with Crippen LogP contribution in [0.5, 0.6) is 0 Å². The Hall–Kier alpha value is -1.76. The van der Waals surface area contributed by atoms with Gasteiger partial charge in [0.05, 0.1) is 18.3 Å². The van der Waals surface area contributed by atoms with Crippen LogP contribution in [-0.4, -0.2) is 27.7 Å². The topological polar surface area (TPSA) is 78.1 Å². The van der Waals surface area contributed by atoms with Crippen LogP contribution in [0.4, 0.5) is 0 Å². The van der Waals surface area contributed by atoms with Gasteiger partial charge in [0.15, 0.2) is 0 Å². The van der Waals surface area contributed by atoms with E-state index in [-0.39, 0.29) is 18.3 Å². The Morgan fingerprint density at radius 2 is 2.53 bits per heavy atom. The van der Waals surface area contributed by atoms with Crippen LogP contribution in [0.3, 0.4) is 0 Å². The van der Waals surface area contributed by atoms with Crippen molar-refractivity contribution in [2.45, 2.75) is 6.92 Å². The lowest BCUT2D eigenvalue weighted by Gasteiger charge is -1.93. The number of aromatic nitrogens is 3. The summed E-state index contributed by atoms with van der Waals surface area (Å²) in [6.45, 7) is 1.99. The number of carbonyl (C=O) groups excluding carboxylic acids is 1. The van der Waals surface area contributed by atoms with Gasteiger partial charge >= 0.3 is 5.97 Å². The maximum atomic E-state index is 11.2. The maximum absolute atomic E-state index is 11.2. The average molecular weight is 225 g/mol. The fraction of sp³-hybridized carbons (Fsp3) is 0.250. The van der Waals surface area contributed by atoms with Crippen LogP contribution in [0.1, 0.15) is 17.5 Å². The second-order valence-corrected chi connectivity index (χ2v) is 3.40. The van der Waals surface area contributed by atoms with Crippen LogP contribution in [-0.2, 0) is 4.74 Å². The summed E-state index contributed by atoms with van der Waals surface area (Å²) in [7, 11) is 0. The van der Waals surface area contributed by atoms with Crippen molar-refractivity contribution in [3.8, 4) is 10.8 Å². The van der Waals surface area contributed by atoms with Crippen molar-refractivity contribution in [1.82, 2.24) is 15.1 Å². The molecule has 0 aliphatic rings. The minimum absolute atomic E-state index is 0.0692. The third-order valence-electron chi connectivity index (χ3n) is 1.53. The molecule has 2 rings (SSSR count). The molecule has 78 valence electrons. The van der Waals surface area contributed by atoms with Gasteiger partial charge in [-0.05, 0) is 12.1 Å². The lowest BCUT2D eigenvalue weighted by Crippen LogP contribution is -2.06. The number of hydrogen-bond donors (Lipinski definition) is 0. The Bertz CT molecular complexity index is 451. The van der Waals surface area contributed by atoms with E-state index in [0.717, 1.165) is 4.88 Å². The average Bonchev–Trinajstić information content (AvgIpc) is 2.89. The first kappa shape index (κ1) is 9.78. The van der Waals surface area contributed by atoms with E-state index in [9.17, 15) is 4.79 Å². The Morgan fingerprint density at radius 3 is 3.20 bits per heavy atom. The van der Waals surface area contributed by atoms with Crippen LogP contribution in [0.2, 0.25) is 0 Å². The van der Waals surface area contributed by atoms with E-state index in [2.05, 4.69) is 15.1 Å². The number of rotatable bonds is 3. The zero-order valence-corrected chi connectivity index (χ0v) is 8.65. The zero-order valence-electron chi connectivity index (χ0n) is 7.84. The predicted octanol–water partition coefficient (Wildman–Crippen LogP) is 1.37. The monoisotopic (exact) mass is 225 g/mol. The van der Waals surface area contributed by atoms with E-state index >= 15 is 0 Å². The molecule has 0 aromatic carbocycles. The lowest BCUT2D eigenvalue weighted by atomic mass is 10.5. The minimum Gasteiger partial charge on any atom is -0.460 e. The molecule has 0 aliphatic heterocycles. The smallest absolute Gasteiger partial charge is 0.379 e. The van der Waals surface area contributed by atoms with Crippen molar-refractivity contribution >= 4 is 17.3 Å². The van der Waals surface area contributed by atoms with Gasteiger partial charge in [0.1, 0.15) is 4.88 Å². The van der Waals surface area contributed by atoms with E-state index < -0.39 is 5.97 Å². The first-order valence-electron chi connectivity index (χ1n) is 4.21. The van der Waals surface area contributed by atoms with E-state index in [0.29, 0.717) is 0 Å². The SMILES string of the molecule is CCOC(=O)c1noc(-c2cncs2)n1. The molecule has 6 nitrogen and oxygen atoms in total. The first-order chi connectivity index (χ1) is 7.31. The Kier molecular flexibility index (Phi) is 2.72. The molecular weight excluding hydrogens is 218 g/mol. The van der Waals surface area contributed by atoms with Crippen molar-refractivity contribution in [2.75, 3.05) is 6.61 Å². The van der Waals surface area contributed by atoms with E-state index in [1.807, 2.05) is 0 Å². The summed E-state index contributed by atoms with van der Waals surface area (Å²) in [6.07, 6.45) is 1.59. The second-order valence-electron chi connectivity index (χ2n) is 2.51. The van der Waals surface area contributed by atoms with Crippen molar-refractivity contribution in [3.05, 3.63) is 17.5 Å². The molecule has 0 aliphatic carbocycles. The molecule has 0 radical (unpaired) electrons. The Morgan fingerprint density at radius 1 is 1.67 bits per heavy atom. The summed E-state index contributed by atoms with van der Waals surface area (Å²) in [5.74, 6) is -0.377. The second kappa shape index (κ2) is 4.18. The molecule has 2 aromatic heterocycles. The summed E-state index contributed by atoms with van der Waals surface area (Å²) >= 11 is 1.35. The molecule has 0 amide bonds. The molecule has 7 heteroatoms. The van der Waals surface area contributed by atoms with Crippen molar-refractivity contribution in [1.29, 1.82) is 0 Å². The van der Waals surface area contributed by atoms with Gasteiger partial charge in [0.25, 0.3) is 11.7 Å². The highest BCUT2D eigenvalue weighted by molar-refractivity contribution is 7.13. The number of hydrogen-bond acceptors (Lipinski definition) is 7. The predicted molar refractivity (Wildman–Crippen MR) is 51.4 cm³/mol. The quantitative estimate of drug-likeness (QED) is 0.734. The number of thiazole rings is 1. The molecule has 0 unspecified atom stereocenters. The summed E-state index contributed by atoms with van der Waals surface area (Å²) in [6, 6.07) is 0. The highest BCUT2D eigenvalue weighted by Gasteiger charge is 2.17. The first-order valence-corrected chi connectivity index (χ1v) is 5.09. The minimum atomic E-state index is -0.586. The normalized spacial score (nSPS) is 10.2. The van der Waals surface area contributed by atoms with Gasteiger partial charge in [-0.15, -0.1) is 11.3 Å². The molecule has 0 atom stereocenters. The molecule has 0 spiro atoms. The van der Waals surface area contributed by atoms with Crippen LogP contribution in [0.15, 0.2) is 16.2 Å². The highest BCUT2D eigenvalue weighted by Crippen LogP contribution is 2.20. The Balaban J connectivity index is 2.21. The molecule has 0 bridgehead atoms. The van der Waals surface area contributed by atoms with E-state index in [4.69, 9.17) is 9.26 Å². The standard InChI is InChI=1S/C8H7N3O3S/c1-2-13-8(12)6-10-7(14-11-6)5-3-9-4-15-5/h3-4H,2H2,1H3. The zero-order chi connectivity index (χ0) is 10.7. The summed E-state index contributed by atoms with van der Waals surface area (Å²) in [5, 5.41) is 3.51. The molecule has 0 N–H and O–H groups in total. The fourth-order valence-corrected chi connectivity index (χ4v) is 1.46. The van der Waals surface area contributed by atoms with Crippen molar-refractivity contribution in [2.24, 2.45) is 0 Å². The summed E-state index contributed by atoms with van der Waals surface area (Å²) < 4.78 is 9.61. The third kappa shape index (κ3) is 2.01. The fourth-order valence-electron chi connectivity index (χ4n) is 0.924. The molecule has 0 fully saturated rings. The largest absolute Gasteiger partial charge is 0.460 e. The van der Waals surface area contributed by atoms with Crippen molar-refractivity contribution < 1.29 is 14.1 Å². The maximum Gasteiger partial charge on any atom is 0.379 e. The van der Waals surface area contributed by atoms with Crippen LogP contribution in [0, 0.1) is 0 Å². The molecule has 0 saturated heterocycles. The number of nitrogens with zero attached hydrogens (tertiary/aromatic N) is 3.